The van der Waals surface area contributed by atoms with Crippen molar-refractivity contribution in [3.05, 3.63) is 0 Å². The van der Waals surface area contributed by atoms with Crippen LogP contribution in [0.15, 0.2) is 0 Å². The third-order valence-electron chi connectivity index (χ3n) is 2.68. The average Bonchev–Trinajstić information content (AvgIpc) is 2.73. The van der Waals surface area contributed by atoms with E-state index in [1.807, 2.05) is 0 Å². The summed E-state index contributed by atoms with van der Waals surface area (Å²) in [5.41, 5.74) is 5.02. The highest BCUT2D eigenvalue weighted by Gasteiger charge is 2.38. The molecule has 7 nitrogen and oxygen atoms in total. The molecule has 1 rings (SSSR count). The summed E-state index contributed by atoms with van der Waals surface area (Å²) >= 11 is 1.38. The summed E-state index contributed by atoms with van der Waals surface area (Å²) in [7, 11) is 0. The molecule has 102 valence electrons. The number of carbonyl (C=O) groups is 3. The van der Waals surface area contributed by atoms with Gasteiger partial charge in [0.05, 0.1) is 5.88 Å². The third-order valence-corrected chi connectivity index (χ3v) is 3.69. The largest absolute Gasteiger partial charge is 0.480 e. The van der Waals surface area contributed by atoms with Crippen molar-refractivity contribution in [1.82, 2.24) is 10.2 Å². The number of hydrogen-bond donors (Lipinski definition) is 3. The van der Waals surface area contributed by atoms with E-state index in [1.54, 1.807) is 13.8 Å². The minimum atomic E-state index is -1.03. The van der Waals surface area contributed by atoms with Gasteiger partial charge in [-0.25, -0.2) is 9.59 Å². The van der Waals surface area contributed by atoms with Gasteiger partial charge in [0.15, 0.2) is 0 Å². The van der Waals surface area contributed by atoms with Gasteiger partial charge in [0.25, 0.3) is 0 Å². The molecule has 2 unspecified atom stereocenters. The number of rotatable bonds is 4. The lowest BCUT2D eigenvalue weighted by Gasteiger charge is -2.28. The van der Waals surface area contributed by atoms with Gasteiger partial charge in [-0.2, -0.15) is 0 Å². The number of thioether (sulfide) groups is 1. The molecule has 1 saturated heterocycles. The first-order valence-corrected chi connectivity index (χ1v) is 6.67. The summed E-state index contributed by atoms with van der Waals surface area (Å²) in [6, 6.07) is -2.41. The molecule has 1 aliphatic rings. The number of hydrogen-bond acceptors (Lipinski definition) is 4. The molecule has 0 saturated carbocycles. The average molecular weight is 275 g/mol. The van der Waals surface area contributed by atoms with Crippen LogP contribution in [0, 0.1) is 5.92 Å². The van der Waals surface area contributed by atoms with E-state index in [9.17, 15) is 14.4 Å². The number of carboxylic acid groups (broad SMARTS) is 1. The normalized spacial score (nSPS) is 20.8. The van der Waals surface area contributed by atoms with Gasteiger partial charge in [0.1, 0.15) is 12.1 Å². The maximum absolute atomic E-state index is 12.2. The zero-order valence-corrected chi connectivity index (χ0v) is 11.1. The number of nitrogens with zero attached hydrogens (tertiary/aromatic N) is 1. The third kappa shape index (κ3) is 3.28. The van der Waals surface area contributed by atoms with E-state index in [0.717, 1.165) is 0 Å². The van der Waals surface area contributed by atoms with Crippen molar-refractivity contribution in [2.75, 3.05) is 11.6 Å². The van der Waals surface area contributed by atoms with E-state index in [4.69, 9.17) is 10.8 Å². The van der Waals surface area contributed by atoms with Crippen LogP contribution >= 0.6 is 11.8 Å². The van der Waals surface area contributed by atoms with Crippen LogP contribution in [0.5, 0.6) is 0 Å². The fourth-order valence-electron chi connectivity index (χ4n) is 1.71. The highest BCUT2D eigenvalue weighted by atomic mass is 32.2. The maximum Gasteiger partial charge on any atom is 0.327 e. The van der Waals surface area contributed by atoms with Crippen LogP contribution in [-0.4, -0.2) is 51.6 Å². The van der Waals surface area contributed by atoms with Gasteiger partial charge in [-0.15, -0.1) is 11.8 Å². The lowest BCUT2D eigenvalue weighted by atomic mass is 10.0. The second-order valence-corrected chi connectivity index (χ2v) is 5.39. The first kappa shape index (κ1) is 14.6. The molecule has 0 spiro atoms. The summed E-state index contributed by atoms with van der Waals surface area (Å²) in [4.78, 5) is 35.4. The van der Waals surface area contributed by atoms with Crippen molar-refractivity contribution in [1.29, 1.82) is 0 Å². The first-order valence-electron chi connectivity index (χ1n) is 5.51. The van der Waals surface area contributed by atoms with Gasteiger partial charge < -0.3 is 21.1 Å². The maximum atomic E-state index is 12.2. The Balaban J connectivity index is 2.82. The zero-order chi connectivity index (χ0) is 13.9. The monoisotopic (exact) mass is 275 g/mol. The molecule has 3 amide bonds. The van der Waals surface area contributed by atoms with E-state index in [0.29, 0.717) is 11.6 Å². The van der Waals surface area contributed by atoms with E-state index in [-0.39, 0.29) is 5.92 Å². The molecule has 1 heterocycles. The second-order valence-electron chi connectivity index (χ2n) is 4.39. The summed E-state index contributed by atoms with van der Waals surface area (Å²) in [5, 5.41) is 11.4. The van der Waals surface area contributed by atoms with Gasteiger partial charge in [0.2, 0.25) is 5.91 Å². The molecule has 0 aromatic heterocycles. The molecule has 1 aliphatic heterocycles. The summed E-state index contributed by atoms with van der Waals surface area (Å²) < 4.78 is 0. The Morgan fingerprint density at radius 3 is 2.50 bits per heavy atom. The van der Waals surface area contributed by atoms with E-state index in [2.05, 4.69) is 5.32 Å². The number of carbonyl (C=O) groups excluding carboxylic acids is 2. The van der Waals surface area contributed by atoms with Crippen molar-refractivity contribution in [3.8, 4) is 0 Å². The van der Waals surface area contributed by atoms with Crippen molar-refractivity contribution in [2.45, 2.75) is 25.9 Å². The van der Waals surface area contributed by atoms with Gasteiger partial charge in [0, 0.05) is 5.75 Å². The topological polar surface area (TPSA) is 113 Å². The minimum Gasteiger partial charge on any atom is -0.480 e. The number of amides is 3. The molecule has 18 heavy (non-hydrogen) atoms. The summed E-state index contributed by atoms with van der Waals surface area (Å²) in [6.07, 6.45) is 0. The van der Waals surface area contributed by atoms with Crippen LogP contribution in [0.25, 0.3) is 0 Å². The minimum absolute atomic E-state index is 0.162. The SMILES string of the molecule is CC(C)C(NC(N)=O)C(=O)N1CSCC1C(=O)O. The van der Waals surface area contributed by atoms with E-state index < -0.39 is 30.0 Å². The number of primary amides is 1. The van der Waals surface area contributed by atoms with Crippen LogP contribution in [0.2, 0.25) is 0 Å². The standard InChI is InChI=1S/C10H17N3O4S/c1-5(2)7(12-10(11)17)8(14)13-4-18-3-6(13)9(15)16/h5-7H,3-4H2,1-2H3,(H,15,16)(H3,11,12,17). The number of aliphatic carboxylic acids is 1. The molecule has 0 aromatic rings. The van der Waals surface area contributed by atoms with Gasteiger partial charge in [-0.3, -0.25) is 4.79 Å². The predicted molar refractivity (Wildman–Crippen MR) is 66.9 cm³/mol. The lowest BCUT2D eigenvalue weighted by molar-refractivity contribution is -0.148. The van der Waals surface area contributed by atoms with Gasteiger partial charge >= 0.3 is 12.0 Å². The van der Waals surface area contributed by atoms with E-state index in [1.165, 1.54) is 16.7 Å². The molecule has 2 atom stereocenters. The van der Waals surface area contributed by atoms with Gasteiger partial charge in [-0.1, -0.05) is 13.8 Å². The molecule has 0 aromatic carbocycles. The Bertz CT molecular complexity index is 357. The van der Waals surface area contributed by atoms with Gasteiger partial charge in [-0.05, 0) is 5.92 Å². The van der Waals surface area contributed by atoms with Crippen LogP contribution in [0.3, 0.4) is 0 Å². The van der Waals surface area contributed by atoms with Crippen molar-refractivity contribution in [2.24, 2.45) is 11.7 Å². The quantitative estimate of drug-likeness (QED) is 0.650. The fraction of sp³-hybridized carbons (Fsp3) is 0.700. The van der Waals surface area contributed by atoms with Crippen LogP contribution in [0.1, 0.15) is 13.8 Å². The molecular formula is C10H17N3O4S. The highest BCUT2D eigenvalue weighted by molar-refractivity contribution is 7.99. The molecule has 1 fully saturated rings. The second kappa shape index (κ2) is 5.94. The molecule has 0 radical (unpaired) electrons. The molecular weight excluding hydrogens is 258 g/mol. The fourth-order valence-corrected chi connectivity index (χ4v) is 2.86. The Kier molecular flexibility index (Phi) is 4.83. The molecule has 0 aliphatic carbocycles. The summed E-state index contributed by atoms with van der Waals surface area (Å²) in [5.74, 6) is -0.914. The smallest absolute Gasteiger partial charge is 0.327 e. The Labute approximate surface area is 109 Å². The van der Waals surface area contributed by atoms with Crippen molar-refractivity contribution < 1.29 is 19.5 Å². The molecule has 0 bridgehead atoms. The number of carboxylic acids is 1. The molecule has 4 N–H and O–H groups in total. The van der Waals surface area contributed by atoms with Crippen LogP contribution in [-0.2, 0) is 9.59 Å². The van der Waals surface area contributed by atoms with Crippen molar-refractivity contribution in [3.63, 3.8) is 0 Å². The first-order chi connectivity index (χ1) is 8.34. The van der Waals surface area contributed by atoms with Crippen LogP contribution < -0.4 is 11.1 Å². The number of urea groups is 1. The molecule has 8 heteroatoms. The lowest BCUT2D eigenvalue weighted by Crippen LogP contribution is -2.55. The zero-order valence-electron chi connectivity index (χ0n) is 10.3. The predicted octanol–water partition coefficient (Wildman–Crippen LogP) is -0.335. The number of nitrogens with two attached hydrogens (primary N) is 1. The Morgan fingerprint density at radius 1 is 1.44 bits per heavy atom. The Morgan fingerprint density at radius 2 is 2.06 bits per heavy atom. The number of nitrogens with one attached hydrogen (secondary N) is 1. The van der Waals surface area contributed by atoms with Crippen molar-refractivity contribution >= 4 is 29.7 Å². The highest BCUT2D eigenvalue weighted by Crippen LogP contribution is 2.23. The van der Waals surface area contributed by atoms with E-state index >= 15 is 0 Å². The Hall–Kier alpha value is -1.44. The summed E-state index contributed by atoms with van der Waals surface area (Å²) in [6.45, 7) is 3.52. The van der Waals surface area contributed by atoms with Crippen LogP contribution in [0.4, 0.5) is 4.79 Å².